The lowest BCUT2D eigenvalue weighted by atomic mass is 10.1. The van der Waals surface area contributed by atoms with Crippen LogP contribution in [0, 0.1) is 19.8 Å². The Hall–Kier alpha value is -2.62. The number of aryl methyl sites for hydroxylation is 2. The van der Waals surface area contributed by atoms with Crippen LogP contribution in [0.4, 0.5) is 11.4 Å². The third-order valence-electron chi connectivity index (χ3n) is 5.02. The molecule has 0 unspecified atom stereocenters. The molecule has 25 heavy (non-hydrogen) atoms. The summed E-state index contributed by atoms with van der Waals surface area (Å²) in [6.45, 7) is 6.55. The number of carbonyl (C=O) groups excluding carboxylic acids is 2. The van der Waals surface area contributed by atoms with E-state index in [1.54, 1.807) is 4.90 Å². The zero-order valence-corrected chi connectivity index (χ0v) is 15.0. The van der Waals surface area contributed by atoms with Crippen LogP contribution in [0.15, 0.2) is 42.5 Å². The van der Waals surface area contributed by atoms with Crippen molar-refractivity contribution in [2.45, 2.75) is 33.6 Å². The summed E-state index contributed by atoms with van der Waals surface area (Å²) < 4.78 is 0. The zero-order valence-electron chi connectivity index (χ0n) is 15.0. The summed E-state index contributed by atoms with van der Waals surface area (Å²) in [7, 11) is 0. The molecule has 4 heteroatoms. The van der Waals surface area contributed by atoms with E-state index >= 15 is 0 Å². The highest BCUT2D eigenvalue weighted by molar-refractivity contribution is 6.04. The molecule has 0 saturated carbocycles. The highest BCUT2D eigenvalue weighted by atomic mass is 16.2. The first-order valence-corrected chi connectivity index (χ1v) is 8.76. The molecule has 4 nitrogen and oxygen atoms in total. The number of rotatable bonds is 4. The standard InChI is InChI=1S/C21H24N2O2/c1-4-16-9-5-6-10-18(16)22-21(25)17-12-20(24)23(13-17)19-11-7-8-14(2)15(19)3/h5-11,17H,4,12-13H2,1-3H3,(H,22,25)/t17-/m0/s1. The molecule has 1 N–H and O–H groups in total. The lowest BCUT2D eigenvalue weighted by Crippen LogP contribution is -2.28. The molecule has 0 radical (unpaired) electrons. The number of hydrogen-bond acceptors (Lipinski definition) is 2. The Morgan fingerprint density at radius 1 is 1.16 bits per heavy atom. The second kappa shape index (κ2) is 7.09. The van der Waals surface area contributed by atoms with Crippen molar-refractivity contribution in [1.82, 2.24) is 0 Å². The molecule has 2 aromatic rings. The van der Waals surface area contributed by atoms with Gasteiger partial charge in [0.15, 0.2) is 0 Å². The first-order valence-electron chi connectivity index (χ1n) is 8.76. The van der Waals surface area contributed by atoms with Gasteiger partial charge in [-0.1, -0.05) is 37.3 Å². The fourth-order valence-corrected chi connectivity index (χ4v) is 3.33. The van der Waals surface area contributed by atoms with Crippen molar-refractivity contribution in [2.75, 3.05) is 16.8 Å². The summed E-state index contributed by atoms with van der Waals surface area (Å²) in [6.07, 6.45) is 1.11. The van der Waals surface area contributed by atoms with Crippen LogP contribution < -0.4 is 10.2 Å². The van der Waals surface area contributed by atoms with Crippen molar-refractivity contribution in [3.63, 3.8) is 0 Å². The molecular formula is C21H24N2O2. The summed E-state index contributed by atoms with van der Waals surface area (Å²) in [4.78, 5) is 26.9. The van der Waals surface area contributed by atoms with Gasteiger partial charge in [-0.15, -0.1) is 0 Å². The average Bonchev–Trinajstić information content (AvgIpc) is 2.99. The van der Waals surface area contributed by atoms with Gasteiger partial charge in [-0.05, 0) is 49.1 Å². The molecule has 0 aromatic heterocycles. The van der Waals surface area contributed by atoms with Gasteiger partial charge in [-0.2, -0.15) is 0 Å². The molecule has 0 bridgehead atoms. The smallest absolute Gasteiger partial charge is 0.229 e. The van der Waals surface area contributed by atoms with Gasteiger partial charge in [0.05, 0.1) is 5.92 Å². The van der Waals surface area contributed by atoms with Gasteiger partial charge in [0.1, 0.15) is 0 Å². The maximum Gasteiger partial charge on any atom is 0.229 e. The normalized spacial score (nSPS) is 17.0. The highest BCUT2D eigenvalue weighted by Crippen LogP contribution is 2.30. The Kier molecular flexibility index (Phi) is 4.88. The van der Waals surface area contributed by atoms with Crippen molar-refractivity contribution in [2.24, 2.45) is 5.92 Å². The number of para-hydroxylation sites is 1. The molecule has 3 rings (SSSR count). The predicted octanol–water partition coefficient (Wildman–Crippen LogP) is 3.86. The van der Waals surface area contributed by atoms with Gasteiger partial charge < -0.3 is 10.2 Å². The highest BCUT2D eigenvalue weighted by Gasteiger charge is 2.35. The van der Waals surface area contributed by atoms with Crippen LogP contribution in [0.2, 0.25) is 0 Å². The largest absolute Gasteiger partial charge is 0.326 e. The molecule has 1 fully saturated rings. The topological polar surface area (TPSA) is 49.4 Å². The minimum Gasteiger partial charge on any atom is -0.326 e. The van der Waals surface area contributed by atoms with Gasteiger partial charge in [0, 0.05) is 24.3 Å². The van der Waals surface area contributed by atoms with Crippen LogP contribution in [0.1, 0.15) is 30.0 Å². The second-order valence-corrected chi connectivity index (χ2v) is 6.62. The molecule has 1 heterocycles. The third kappa shape index (κ3) is 3.43. The van der Waals surface area contributed by atoms with Crippen LogP contribution in [0.5, 0.6) is 0 Å². The van der Waals surface area contributed by atoms with Crippen LogP contribution in [-0.4, -0.2) is 18.4 Å². The summed E-state index contributed by atoms with van der Waals surface area (Å²) in [5.41, 5.74) is 5.09. The number of nitrogens with zero attached hydrogens (tertiary/aromatic N) is 1. The number of carbonyl (C=O) groups is 2. The maximum absolute atomic E-state index is 12.7. The van der Waals surface area contributed by atoms with Gasteiger partial charge >= 0.3 is 0 Å². The van der Waals surface area contributed by atoms with E-state index in [0.717, 1.165) is 34.5 Å². The summed E-state index contributed by atoms with van der Waals surface area (Å²) >= 11 is 0. The first-order chi connectivity index (χ1) is 12.0. The Morgan fingerprint density at radius 2 is 1.92 bits per heavy atom. The van der Waals surface area contributed by atoms with E-state index in [9.17, 15) is 9.59 Å². The molecule has 2 amide bonds. The quantitative estimate of drug-likeness (QED) is 0.922. The summed E-state index contributed by atoms with van der Waals surface area (Å²) in [5, 5.41) is 3.00. The molecule has 130 valence electrons. The van der Waals surface area contributed by atoms with Crippen molar-refractivity contribution in [3.8, 4) is 0 Å². The van der Waals surface area contributed by atoms with Crippen molar-refractivity contribution >= 4 is 23.2 Å². The summed E-state index contributed by atoms with van der Waals surface area (Å²) in [5.74, 6) is -0.392. The zero-order chi connectivity index (χ0) is 18.0. The van der Waals surface area contributed by atoms with Gasteiger partial charge in [-0.3, -0.25) is 9.59 Å². The molecule has 0 spiro atoms. The third-order valence-corrected chi connectivity index (χ3v) is 5.02. The minimum atomic E-state index is -0.322. The Bertz CT molecular complexity index is 813. The van der Waals surface area contributed by atoms with E-state index in [1.165, 1.54) is 0 Å². The monoisotopic (exact) mass is 336 g/mol. The number of anilines is 2. The molecular weight excluding hydrogens is 312 g/mol. The molecule has 1 saturated heterocycles. The fourth-order valence-electron chi connectivity index (χ4n) is 3.33. The van der Waals surface area contributed by atoms with E-state index in [-0.39, 0.29) is 24.2 Å². The van der Waals surface area contributed by atoms with E-state index in [1.807, 2.05) is 56.3 Å². The molecule has 1 atom stereocenters. The van der Waals surface area contributed by atoms with Gasteiger partial charge in [0.25, 0.3) is 0 Å². The van der Waals surface area contributed by atoms with E-state index < -0.39 is 0 Å². The fraction of sp³-hybridized carbons (Fsp3) is 0.333. The maximum atomic E-state index is 12.7. The van der Waals surface area contributed by atoms with Crippen molar-refractivity contribution in [1.29, 1.82) is 0 Å². The van der Waals surface area contributed by atoms with Crippen LogP contribution in [-0.2, 0) is 16.0 Å². The van der Waals surface area contributed by atoms with E-state index in [4.69, 9.17) is 0 Å². The van der Waals surface area contributed by atoms with Gasteiger partial charge in [-0.25, -0.2) is 0 Å². The van der Waals surface area contributed by atoms with Crippen LogP contribution in [0.25, 0.3) is 0 Å². The molecule has 1 aliphatic rings. The lowest BCUT2D eigenvalue weighted by Gasteiger charge is -2.20. The van der Waals surface area contributed by atoms with Gasteiger partial charge in [0.2, 0.25) is 11.8 Å². The Morgan fingerprint density at radius 3 is 2.68 bits per heavy atom. The van der Waals surface area contributed by atoms with E-state index in [0.29, 0.717) is 6.54 Å². The van der Waals surface area contributed by atoms with Crippen molar-refractivity contribution < 1.29 is 9.59 Å². The van der Waals surface area contributed by atoms with Crippen LogP contribution >= 0.6 is 0 Å². The predicted molar refractivity (Wildman–Crippen MR) is 101 cm³/mol. The van der Waals surface area contributed by atoms with Crippen molar-refractivity contribution in [3.05, 3.63) is 59.2 Å². The van der Waals surface area contributed by atoms with Crippen LogP contribution in [0.3, 0.4) is 0 Å². The first kappa shape index (κ1) is 17.2. The molecule has 2 aromatic carbocycles. The number of benzene rings is 2. The number of nitrogens with one attached hydrogen (secondary N) is 1. The number of hydrogen-bond donors (Lipinski definition) is 1. The number of amides is 2. The second-order valence-electron chi connectivity index (χ2n) is 6.62. The lowest BCUT2D eigenvalue weighted by molar-refractivity contribution is -0.122. The Labute approximate surface area is 148 Å². The SMILES string of the molecule is CCc1ccccc1NC(=O)[C@H]1CC(=O)N(c2cccc(C)c2C)C1. The Balaban J connectivity index is 1.76. The minimum absolute atomic E-state index is 0.0117. The van der Waals surface area contributed by atoms with E-state index in [2.05, 4.69) is 12.2 Å². The molecule has 1 aliphatic heterocycles. The molecule has 0 aliphatic carbocycles. The average molecular weight is 336 g/mol. The summed E-state index contributed by atoms with van der Waals surface area (Å²) in [6, 6.07) is 13.7.